The fourth-order valence-corrected chi connectivity index (χ4v) is 1.42. The highest BCUT2D eigenvalue weighted by Crippen LogP contribution is 2.07. The number of hydrogen-bond donors (Lipinski definition) is 1. The summed E-state index contributed by atoms with van der Waals surface area (Å²) in [5, 5.41) is 3.42. The first-order chi connectivity index (χ1) is 7.79. The predicted molar refractivity (Wildman–Crippen MR) is 68.9 cm³/mol. The summed E-state index contributed by atoms with van der Waals surface area (Å²) in [7, 11) is 0. The van der Waals surface area contributed by atoms with Crippen LogP contribution >= 0.6 is 0 Å². The molecule has 16 heavy (non-hydrogen) atoms. The van der Waals surface area contributed by atoms with Gasteiger partial charge in [0.25, 0.3) is 0 Å². The molecule has 0 amide bonds. The van der Waals surface area contributed by atoms with Crippen molar-refractivity contribution in [3.8, 4) is 5.75 Å². The summed E-state index contributed by atoms with van der Waals surface area (Å²) in [6.45, 7) is 7.45. The molecule has 0 aliphatic rings. The molecule has 0 saturated heterocycles. The van der Waals surface area contributed by atoms with E-state index in [1.54, 1.807) is 0 Å². The van der Waals surface area contributed by atoms with E-state index in [-0.39, 0.29) is 0 Å². The minimum Gasteiger partial charge on any atom is -0.494 e. The molecule has 0 fully saturated rings. The summed E-state index contributed by atoms with van der Waals surface area (Å²) < 4.78 is 5.59. The fourth-order valence-electron chi connectivity index (χ4n) is 1.42. The summed E-state index contributed by atoms with van der Waals surface area (Å²) in [5.74, 6) is 1.75. The molecule has 0 heterocycles. The third-order valence-electron chi connectivity index (χ3n) is 2.41. The number of benzene rings is 1. The Labute approximate surface area is 99.0 Å². The Morgan fingerprint density at radius 1 is 1.12 bits per heavy atom. The van der Waals surface area contributed by atoms with Crippen molar-refractivity contribution in [1.29, 1.82) is 0 Å². The number of ether oxygens (including phenoxy) is 1. The van der Waals surface area contributed by atoms with Crippen LogP contribution in [-0.4, -0.2) is 19.7 Å². The molecular formula is C14H23NO. The van der Waals surface area contributed by atoms with Crippen LogP contribution in [0.25, 0.3) is 0 Å². The van der Waals surface area contributed by atoms with Crippen molar-refractivity contribution in [2.75, 3.05) is 19.7 Å². The molecule has 1 rings (SSSR count). The van der Waals surface area contributed by atoms with Gasteiger partial charge in [-0.1, -0.05) is 32.0 Å². The molecule has 0 saturated carbocycles. The molecule has 0 aliphatic carbocycles. The van der Waals surface area contributed by atoms with E-state index in [1.807, 2.05) is 30.3 Å². The Balaban J connectivity index is 1.93. The highest BCUT2D eigenvalue weighted by Gasteiger charge is 1.94. The quantitative estimate of drug-likeness (QED) is 0.681. The molecule has 0 unspecified atom stereocenters. The normalized spacial score (nSPS) is 10.7. The molecule has 0 spiro atoms. The van der Waals surface area contributed by atoms with E-state index in [1.165, 1.54) is 6.42 Å². The summed E-state index contributed by atoms with van der Waals surface area (Å²) in [4.78, 5) is 0. The van der Waals surface area contributed by atoms with Crippen molar-refractivity contribution >= 4 is 0 Å². The highest BCUT2D eigenvalue weighted by molar-refractivity contribution is 5.20. The van der Waals surface area contributed by atoms with E-state index in [0.717, 1.165) is 37.8 Å². The number of nitrogens with one attached hydrogen (secondary N) is 1. The van der Waals surface area contributed by atoms with E-state index < -0.39 is 0 Å². The Hall–Kier alpha value is -1.02. The number of hydrogen-bond acceptors (Lipinski definition) is 2. The minimum atomic E-state index is 0.785. The van der Waals surface area contributed by atoms with Gasteiger partial charge in [-0.05, 0) is 44.0 Å². The zero-order valence-electron chi connectivity index (χ0n) is 10.4. The van der Waals surface area contributed by atoms with Crippen molar-refractivity contribution in [3.63, 3.8) is 0 Å². The van der Waals surface area contributed by atoms with E-state index >= 15 is 0 Å². The third-order valence-corrected chi connectivity index (χ3v) is 2.41. The van der Waals surface area contributed by atoms with Crippen LogP contribution in [0.15, 0.2) is 30.3 Å². The fraction of sp³-hybridized carbons (Fsp3) is 0.571. The summed E-state index contributed by atoms with van der Waals surface area (Å²) in [6.07, 6.45) is 2.31. The molecule has 0 bridgehead atoms. The molecule has 0 radical (unpaired) electrons. The largest absolute Gasteiger partial charge is 0.494 e. The van der Waals surface area contributed by atoms with E-state index in [0.29, 0.717) is 0 Å². The summed E-state index contributed by atoms with van der Waals surface area (Å²) >= 11 is 0. The minimum absolute atomic E-state index is 0.785. The van der Waals surface area contributed by atoms with Crippen molar-refractivity contribution in [2.24, 2.45) is 5.92 Å². The predicted octanol–water partition coefficient (Wildman–Crippen LogP) is 3.09. The van der Waals surface area contributed by atoms with Crippen LogP contribution in [-0.2, 0) is 0 Å². The lowest BCUT2D eigenvalue weighted by molar-refractivity contribution is 0.307. The van der Waals surface area contributed by atoms with Gasteiger partial charge in [-0.3, -0.25) is 0 Å². The second-order valence-corrected chi connectivity index (χ2v) is 4.45. The van der Waals surface area contributed by atoms with Gasteiger partial charge >= 0.3 is 0 Å². The Morgan fingerprint density at radius 2 is 1.88 bits per heavy atom. The second kappa shape index (κ2) is 8.17. The summed E-state index contributed by atoms with van der Waals surface area (Å²) in [6, 6.07) is 9.98. The van der Waals surface area contributed by atoms with Crippen LogP contribution in [0.5, 0.6) is 5.75 Å². The highest BCUT2D eigenvalue weighted by atomic mass is 16.5. The van der Waals surface area contributed by atoms with Gasteiger partial charge in [-0.25, -0.2) is 0 Å². The summed E-state index contributed by atoms with van der Waals surface area (Å²) in [5.41, 5.74) is 0. The lowest BCUT2D eigenvalue weighted by atomic mass is 10.1. The molecule has 0 aliphatic heterocycles. The van der Waals surface area contributed by atoms with E-state index in [9.17, 15) is 0 Å². The average Bonchev–Trinajstić information content (AvgIpc) is 2.29. The molecular weight excluding hydrogens is 198 g/mol. The van der Waals surface area contributed by atoms with Crippen LogP contribution in [0.2, 0.25) is 0 Å². The Morgan fingerprint density at radius 3 is 2.56 bits per heavy atom. The molecule has 0 aromatic heterocycles. The maximum Gasteiger partial charge on any atom is 0.119 e. The van der Waals surface area contributed by atoms with Crippen molar-refractivity contribution < 1.29 is 4.74 Å². The van der Waals surface area contributed by atoms with Crippen molar-refractivity contribution in [3.05, 3.63) is 30.3 Å². The molecule has 1 N–H and O–H groups in total. The zero-order chi connectivity index (χ0) is 11.6. The van der Waals surface area contributed by atoms with Gasteiger partial charge in [-0.2, -0.15) is 0 Å². The monoisotopic (exact) mass is 221 g/mol. The van der Waals surface area contributed by atoms with Crippen molar-refractivity contribution in [2.45, 2.75) is 26.7 Å². The molecule has 1 aromatic rings. The first kappa shape index (κ1) is 13.0. The standard InChI is InChI=1S/C14H23NO/c1-13(2)9-11-15-10-6-12-16-14-7-4-3-5-8-14/h3-5,7-8,13,15H,6,9-12H2,1-2H3. The number of rotatable bonds is 8. The van der Waals surface area contributed by atoms with Gasteiger partial charge in [0.1, 0.15) is 5.75 Å². The van der Waals surface area contributed by atoms with Gasteiger partial charge in [-0.15, -0.1) is 0 Å². The van der Waals surface area contributed by atoms with Crippen molar-refractivity contribution in [1.82, 2.24) is 5.32 Å². The Bertz CT molecular complexity index is 259. The third kappa shape index (κ3) is 6.46. The van der Waals surface area contributed by atoms with Gasteiger partial charge in [0.2, 0.25) is 0 Å². The first-order valence-corrected chi connectivity index (χ1v) is 6.17. The first-order valence-electron chi connectivity index (χ1n) is 6.17. The van der Waals surface area contributed by atoms with Crippen LogP contribution in [0.3, 0.4) is 0 Å². The number of para-hydroxylation sites is 1. The van der Waals surface area contributed by atoms with E-state index in [2.05, 4.69) is 19.2 Å². The maximum absolute atomic E-state index is 5.59. The molecule has 0 atom stereocenters. The van der Waals surface area contributed by atoms with E-state index in [4.69, 9.17) is 4.74 Å². The molecule has 1 aromatic carbocycles. The van der Waals surface area contributed by atoms with Gasteiger partial charge < -0.3 is 10.1 Å². The zero-order valence-corrected chi connectivity index (χ0v) is 10.4. The molecule has 90 valence electrons. The van der Waals surface area contributed by atoms with Crippen LogP contribution in [0, 0.1) is 5.92 Å². The lowest BCUT2D eigenvalue weighted by Gasteiger charge is -2.08. The molecule has 2 nitrogen and oxygen atoms in total. The van der Waals surface area contributed by atoms with Gasteiger partial charge in [0.15, 0.2) is 0 Å². The maximum atomic E-state index is 5.59. The van der Waals surface area contributed by atoms with Gasteiger partial charge in [0.05, 0.1) is 6.61 Å². The van der Waals surface area contributed by atoms with Crippen LogP contribution in [0.1, 0.15) is 26.7 Å². The topological polar surface area (TPSA) is 21.3 Å². The molecule has 2 heteroatoms. The average molecular weight is 221 g/mol. The smallest absolute Gasteiger partial charge is 0.119 e. The van der Waals surface area contributed by atoms with Gasteiger partial charge in [0, 0.05) is 0 Å². The van der Waals surface area contributed by atoms with Crippen LogP contribution in [0.4, 0.5) is 0 Å². The SMILES string of the molecule is CC(C)CCNCCCOc1ccccc1. The Kier molecular flexibility index (Phi) is 6.66. The lowest BCUT2D eigenvalue weighted by Crippen LogP contribution is -2.19. The van der Waals surface area contributed by atoms with Crippen LogP contribution < -0.4 is 10.1 Å². The second-order valence-electron chi connectivity index (χ2n) is 4.45.